The molecule has 2 aromatic carbocycles. The van der Waals surface area contributed by atoms with Gasteiger partial charge in [-0.05, 0) is 49.4 Å². The molecule has 3 rings (SSSR count). The van der Waals surface area contributed by atoms with Gasteiger partial charge >= 0.3 is 0 Å². The van der Waals surface area contributed by atoms with E-state index in [4.69, 9.17) is 9.47 Å². The summed E-state index contributed by atoms with van der Waals surface area (Å²) in [4.78, 5) is 13.1. The number of rotatable bonds is 7. The number of hydrogen-bond acceptors (Lipinski definition) is 5. The zero-order chi connectivity index (χ0) is 22.6. The lowest BCUT2D eigenvalue weighted by atomic mass is 9.98. The maximum Gasteiger partial charge on any atom is 0.243 e. The van der Waals surface area contributed by atoms with Gasteiger partial charge in [-0.1, -0.05) is 25.1 Å². The van der Waals surface area contributed by atoms with Crippen LogP contribution in [0.5, 0.6) is 11.5 Å². The second kappa shape index (κ2) is 9.70. The van der Waals surface area contributed by atoms with Crippen LogP contribution in [0.1, 0.15) is 30.9 Å². The van der Waals surface area contributed by atoms with Gasteiger partial charge < -0.3 is 14.8 Å². The zero-order valence-corrected chi connectivity index (χ0v) is 19.3. The highest BCUT2D eigenvalue weighted by molar-refractivity contribution is 7.89. The summed E-state index contributed by atoms with van der Waals surface area (Å²) < 4.78 is 38.3. The Balaban J connectivity index is 1.79. The summed E-state index contributed by atoms with van der Waals surface area (Å²) in [6.45, 7) is 4.53. The number of amides is 1. The van der Waals surface area contributed by atoms with E-state index in [2.05, 4.69) is 5.32 Å². The largest absolute Gasteiger partial charge is 0.493 e. The van der Waals surface area contributed by atoms with E-state index in [1.807, 2.05) is 32.0 Å². The van der Waals surface area contributed by atoms with E-state index < -0.39 is 15.9 Å². The van der Waals surface area contributed by atoms with Crippen molar-refractivity contribution in [1.82, 2.24) is 4.31 Å². The van der Waals surface area contributed by atoms with Gasteiger partial charge in [0.15, 0.2) is 11.5 Å². The van der Waals surface area contributed by atoms with Crippen molar-refractivity contribution in [2.75, 3.05) is 32.6 Å². The molecule has 0 aliphatic carbocycles. The Morgan fingerprint density at radius 1 is 1.16 bits per heavy atom. The predicted molar refractivity (Wildman–Crippen MR) is 120 cm³/mol. The third kappa shape index (κ3) is 4.85. The molecular formula is C23H30N2O5S. The van der Waals surface area contributed by atoms with E-state index in [0.717, 1.165) is 23.2 Å². The number of carbonyl (C=O) groups excluding carboxylic acids is 1. The van der Waals surface area contributed by atoms with Crippen molar-refractivity contribution >= 4 is 21.6 Å². The fourth-order valence-corrected chi connectivity index (χ4v) is 5.47. The van der Waals surface area contributed by atoms with Crippen LogP contribution in [0, 0.1) is 12.8 Å². The van der Waals surface area contributed by atoms with Crippen LogP contribution in [0.3, 0.4) is 0 Å². The molecular weight excluding hydrogens is 416 g/mol. The van der Waals surface area contributed by atoms with Gasteiger partial charge in [0.05, 0.1) is 25.0 Å². The van der Waals surface area contributed by atoms with E-state index in [0.29, 0.717) is 30.9 Å². The lowest BCUT2D eigenvalue weighted by Crippen LogP contribution is -2.43. The van der Waals surface area contributed by atoms with Gasteiger partial charge in [-0.3, -0.25) is 4.79 Å². The van der Waals surface area contributed by atoms with Crippen molar-refractivity contribution in [3.63, 3.8) is 0 Å². The Morgan fingerprint density at radius 3 is 2.58 bits per heavy atom. The third-order valence-corrected chi connectivity index (χ3v) is 7.60. The van der Waals surface area contributed by atoms with E-state index in [1.54, 1.807) is 6.07 Å². The maximum atomic E-state index is 13.2. The van der Waals surface area contributed by atoms with Gasteiger partial charge in [0.2, 0.25) is 15.9 Å². The number of anilines is 1. The van der Waals surface area contributed by atoms with Crippen LogP contribution >= 0.6 is 0 Å². The molecule has 0 spiro atoms. The molecule has 1 amide bonds. The number of methoxy groups -OCH3 is 2. The number of ether oxygens (including phenoxy) is 2. The molecule has 1 aliphatic rings. The number of nitrogens with zero attached hydrogens (tertiary/aromatic N) is 1. The highest BCUT2D eigenvalue weighted by Crippen LogP contribution is 2.32. The van der Waals surface area contributed by atoms with Crippen LogP contribution in [0.4, 0.5) is 5.69 Å². The van der Waals surface area contributed by atoms with Crippen molar-refractivity contribution < 1.29 is 22.7 Å². The highest BCUT2D eigenvalue weighted by Gasteiger charge is 2.34. The van der Waals surface area contributed by atoms with Crippen molar-refractivity contribution in [2.24, 2.45) is 5.92 Å². The van der Waals surface area contributed by atoms with Crippen LogP contribution < -0.4 is 14.8 Å². The SMILES string of the molecule is CCc1cccc(C)c1NC(=O)[C@H]1CCCN(S(=O)(=O)c2ccc(OC)c(OC)c2)C1. The van der Waals surface area contributed by atoms with Crippen molar-refractivity contribution in [1.29, 1.82) is 0 Å². The molecule has 0 unspecified atom stereocenters. The Kier molecular flexibility index (Phi) is 7.23. The molecule has 0 saturated carbocycles. The van der Waals surface area contributed by atoms with Crippen molar-refractivity contribution in [3.05, 3.63) is 47.5 Å². The number of sulfonamides is 1. The first-order chi connectivity index (χ1) is 14.8. The predicted octanol–water partition coefficient (Wildman–Crippen LogP) is 3.61. The van der Waals surface area contributed by atoms with Crippen molar-refractivity contribution in [3.8, 4) is 11.5 Å². The fraction of sp³-hybridized carbons (Fsp3) is 0.435. The summed E-state index contributed by atoms with van der Waals surface area (Å²) in [7, 11) is -0.800. The average molecular weight is 447 g/mol. The van der Waals surface area contributed by atoms with Crippen LogP contribution in [-0.2, 0) is 21.2 Å². The number of aryl methyl sites for hydroxylation is 2. The third-order valence-electron chi connectivity index (χ3n) is 5.74. The number of para-hydroxylation sites is 1. The molecule has 7 nitrogen and oxygen atoms in total. The standard InChI is InChI=1S/C23H30N2O5S/c1-5-17-9-6-8-16(2)22(17)24-23(26)18-10-7-13-25(15-18)31(27,28)19-11-12-20(29-3)21(14-19)30-4/h6,8-9,11-12,14,18H,5,7,10,13,15H2,1-4H3,(H,24,26)/t18-/m0/s1. The van der Waals surface area contributed by atoms with Crippen LogP contribution in [0.25, 0.3) is 0 Å². The van der Waals surface area contributed by atoms with E-state index in [1.165, 1.54) is 30.7 Å². The zero-order valence-electron chi connectivity index (χ0n) is 18.5. The van der Waals surface area contributed by atoms with E-state index in [9.17, 15) is 13.2 Å². The summed E-state index contributed by atoms with van der Waals surface area (Å²) in [6, 6.07) is 10.5. The molecule has 168 valence electrons. The smallest absolute Gasteiger partial charge is 0.243 e. The Hall–Kier alpha value is -2.58. The van der Waals surface area contributed by atoms with E-state index >= 15 is 0 Å². The fourth-order valence-electron chi connectivity index (χ4n) is 3.93. The Morgan fingerprint density at radius 2 is 1.90 bits per heavy atom. The number of piperidine rings is 1. The second-order valence-corrected chi connectivity index (χ2v) is 9.61. The lowest BCUT2D eigenvalue weighted by molar-refractivity contribution is -0.120. The number of hydrogen-bond donors (Lipinski definition) is 1. The van der Waals surface area contributed by atoms with Gasteiger partial charge in [0, 0.05) is 24.8 Å². The quantitative estimate of drug-likeness (QED) is 0.702. The molecule has 1 N–H and O–H groups in total. The Labute approximate surface area is 184 Å². The summed E-state index contributed by atoms with van der Waals surface area (Å²) in [5, 5.41) is 3.05. The second-order valence-electron chi connectivity index (χ2n) is 7.67. The molecule has 1 fully saturated rings. The van der Waals surface area contributed by atoms with Crippen LogP contribution in [-0.4, -0.2) is 45.9 Å². The summed E-state index contributed by atoms with van der Waals surface area (Å²) in [6.07, 6.45) is 2.08. The molecule has 2 aromatic rings. The van der Waals surface area contributed by atoms with Gasteiger partial charge in [0.25, 0.3) is 0 Å². The van der Waals surface area contributed by atoms with Gasteiger partial charge in [-0.2, -0.15) is 4.31 Å². The minimum absolute atomic E-state index is 0.124. The molecule has 0 radical (unpaired) electrons. The molecule has 1 saturated heterocycles. The number of carbonyl (C=O) groups is 1. The average Bonchev–Trinajstić information content (AvgIpc) is 2.79. The molecule has 1 aliphatic heterocycles. The summed E-state index contributed by atoms with van der Waals surface area (Å²) >= 11 is 0. The van der Waals surface area contributed by atoms with Crippen LogP contribution in [0.2, 0.25) is 0 Å². The van der Waals surface area contributed by atoms with Gasteiger partial charge in [0.1, 0.15) is 0 Å². The molecule has 0 bridgehead atoms. The topological polar surface area (TPSA) is 84.9 Å². The van der Waals surface area contributed by atoms with Gasteiger partial charge in [-0.25, -0.2) is 8.42 Å². The highest BCUT2D eigenvalue weighted by atomic mass is 32.2. The monoisotopic (exact) mass is 446 g/mol. The minimum Gasteiger partial charge on any atom is -0.493 e. The summed E-state index contributed by atoms with van der Waals surface area (Å²) in [5.41, 5.74) is 2.90. The molecule has 1 heterocycles. The maximum absolute atomic E-state index is 13.2. The minimum atomic E-state index is -3.76. The molecule has 1 atom stereocenters. The van der Waals surface area contributed by atoms with E-state index in [-0.39, 0.29) is 17.3 Å². The normalized spacial score (nSPS) is 17.2. The number of nitrogens with one attached hydrogen (secondary N) is 1. The first-order valence-corrected chi connectivity index (χ1v) is 11.9. The van der Waals surface area contributed by atoms with Gasteiger partial charge in [-0.15, -0.1) is 0 Å². The summed E-state index contributed by atoms with van der Waals surface area (Å²) in [5.74, 6) is 0.257. The van der Waals surface area contributed by atoms with Crippen LogP contribution in [0.15, 0.2) is 41.3 Å². The first kappa shape index (κ1) is 23.1. The molecule has 31 heavy (non-hydrogen) atoms. The first-order valence-electron chi connectivity index (χ1n) is 10.4. The lowest BCUT2D eigenvalue weighted by Gasteiger charge is -2.31. The van der Waals surface area contributed by atoms with Crippen molar-refractivity contribution in [2.45, 2.75) is 38.0 Å². The Bertz CT molecular complexity index is 1050. The molecule has 8 heteroatoms. The molecule has 0 aromatic heterocycles. The number of benzene rings is 2.